The van der Waals surface area contributed by atoms with Crippen LogP contribution in [0.2, 0.25) is 0 Å². The van der Waals surface area contributed by atoms with E-state index in [4.69, 9.17) is 4.84 Å². The lowest BCUT2D eigenvalue weighted by molar-refractivity contribution is 0.127. The van der Waals surface area contributed by atoms with E-state index in [2.05, 4.69) is 44.9 Å². The largest absolute Gasteiger partial charge is 0.414 e. The van der Waals surface area contributed by atoms with Crippen molar-refractivity contribution < 1.29 is 4.84 Å². The van der Waals surface area contributed by atoms with E-state index >= 15 is 0 Å². The van der Waals surface area contributed by atoms with Gasteiger partial charge in [-0.1, -0.05) is 0 Å². The van der Waals surface area contributed by atoms with Gasteiger partial charge >= 0.3 is 0 Å². The molecule has 0 bridgehead atoms. The summed E-state index contributed by atoms with van der Waals surface area (Å²) >= 11 is 0. The summed E-state index contributed by atoms with van der Waals surface area (Å²) in [6.45, 7) is 6.78. The van der Waals surface area contributed by atoms with Gasteiger partial charge in [-0.25, -0.2) is 0 Å². The van der Waals surface area contributed by atoms with Crippen LogP contribution in [0.4, 0.5) is 0 Å². The van der Waals surface area contributed by atoms with Crippen molar-refractivity contribution in [1.29, 1.82) is 0 Å². The van der Waals surface area contributed by atoms with Gasteiger partial charge in [0.25, 0.3) is 0 Å². The van der Waals surface area contributed by atoms with E-state index in [0.29, 0.717) is 0 Å². The van der Waals surface area contributed by atoms with Crippen LogP contribution in [-0.4, -0.2) is 41.6 Å². The molecule has 0 saturated heterocycles. The second-order valence-electron chi connectivity index (χ2n) is 5.36. The fraction of sp³-hybridized carbons (Fsp3) is 0.467. The van der Waals surface area contributed by atoms with E-state index in [1.165, 1.54) is 5.56 Å². The predicted molar refractivity (Wildman–Crippen MR) is 86.8 cm³/mol. The number of allylic oxidation sites excluding steroid dienone is 1. The topological polar surface area (TPSA) is 77.6 Å². The Bertz CT molecular complexity index is 601. The molecule has 2 heterocycles. The van der Waals surface area contributed by atoms with E-state index in [0.717, 1.165) is 29.4 Å². The van der Waals surface area contributed by atoms with Gasteiger partial charge in [-0.3, -0.25) is 10.1 Å². The van der Waals surface area contributed by atoms with Crippen molar-refractivity contribution in [1.82, 2.24) is 25.9 Å². The molecule has 120 valence electrons. The van der Waals surface area contributed by atoms with Crippen LogP contribution in [0.1, 0.15) is 25.1 Å². The third-order valence-corrected chi connectivity index (χ3v) is 3.63. The highest BCUT2D eigenvalue weighted by Gasteiger charge is 2.19. The minimum Gasteiger partial charge on any atom is -0.414 e. The number of aryl methyl sites for hydroxylation is 1. The van der Waals surface area contributed by atoms with E-state index in [-0.39, 0.29) is 6.04 Å². The molecule has 2 rings (SSSR count). The third-order valence-electron chi connectivity index (χ3n) is 3.63. The highest BCUT2D eigenvalue weighted by molar-refractivity contribution is 5.61. The summed E-state index contributed by atoms with van der Waals surface area (Å²) in [5, 5.41) is 10.3. The van der Waals surface area contributed by atoms with Crippen molar-refractivity contribution in [2.24, 2.45) is 4.99 Å². The maximum atomic E-state index is 5.26. The average Bonchev–Trinajstić information content (AvgIpc) is 2.87. The molecule has 0 aliphatic carbocycles. The highest BCUT2D eigenvalue weighted by atomic mass is 16.6. The van der Waals surface area contributed by atoms with E-state index in [1.54, 1.807) is 13.4 Å². The van der Waals surface area contributed by atoms with Crippen molar-refractivity contribution >= 4 is 6.34 Å². The number of aromatic nitrogens is 2. The summed E-state index contributed by atoms with van der Waals surface area (Å²) in [7, 11) is 3.79. The summed E-state index contributed by atoms with van der Waals surface area (Å²) in [5.41, 5.74) is 6.08. The Morgan fingerprint density at radius 3 is 2.91 bits per heavy atom. The Hall–Kier alpha value is -2.28. The Morgan fingerprint density at radius 1 is 1.50 bits per heavy atom. The molecule has 1 atom stereocenters. The number of hydroxylamine groups is 1. The molecule has 22 heavy (non-hydrogen) atoms. The van der Waals surface area contributed by atoms with Gasteiger partial charge in [-0.05, 0) is 32.4 Å². The van der Waals surface area contributed by atoms with Gasteiger partial charge in [-0.15, -0.1) is 0 Å². The SMILES string of the molecule is CNO/C(C)=C/C1N=CNC(N(C)Cc2cn[nH]c2C)=C1C. The molecule has 0 amide bonds. The quantitative estimate of drug-likeness (QED) is 0.547. The van der Waals surface area contributed by atoms with Gasteiger partial charge < -0.3 is 15.1 Å². The number of nitrogens with one attached hydrogen (secondary N) is 3. The van der Waals surface area contributed by atoms with Crippen LogP contribution in [0.5, 0.6) is 0 Å². The predicted octanol–water partition coefficient (Wildman–Crippen LogP) is 1.44. The zero-order valence-corrected chi connectivity index (χ0v) is 13.8. The standard InChI is InChI=1S/C15H24N6O/c1-10(22-16-4)6-14-11(2)15(18-9-17-14)21(5)8-13-7-19-20-12(13)3/h6-7,9,14,16H,8H2,1-5H3,(H,17,18)(H,19,20)/b10-6+. The Morgan fingerprint density at radius 2 is 2.27 bits per heavy atom. The van der Waals surface area contributed by atoms with Crippen molar-refractivity contribution in [2.45, 2.75) is 33.4 Å². The maximum absolute atomic E-state index is 5.26. The van der Waals surface area contributed by atoms with Crippen molar-refractivity contribution in [3.63, 3.8) is 0 Å². The molecule has 0 fully saturated rings. The first kappa shape index (κ1) is 16.1. The van der Waals surface area contributed by atoms with Crippen LogP contribution in [0.15, 0.2) is 34.4 Å². The van der Waals surface area contributed by atoms with Crippen LogP contribution in [0.25, 0.3) is 0 Å². The molecule has 1 aromatic heterocycles. The molecule has 3 N–H and O–H groups in total. The Balaban J connectivity index is 2.15. The number of nitrogens with zero attached hydrogens (tertiary/aromatic N) is 3. The molecule has 0 radical (unpaired) electrons. The van der Waals surface area contributed by atoms with Crippen LogP contribution in [0, 0.1) is 6.92 Å². The zero-order chi connectivity index (χ0) is 16.1. The molecule has 1 unspecified atom stereocenters. The first-order valence-electron chi connectivity index (χ1n) is 7.24. The second-order valence-corrected chi connectivity index (χ2v) is 5.36. The lowest BCUT2D eigenvalue weighted by atomic mass is 10.1. The lowest BCUT2D eigenvalue weighted by Gasteiger charge is -2.28. The van der Waals surface area contributed by atoms with E-state index in [9.17, 15) is 0 Å². The molecule has 0 aromatic carbocycles. The molecule has 1 aliphatic heterocycles. The minimum absolute atomic E-state index is 0.0301. The molecule has 7 nitrogen and oxygen atoms in total. The molecule has 1 aliphatic rings. The first-order chi connectivity index (χ1) is 10.5. The van der Waals surface area contributed by atoms with E-state index in [1.807, 2.05) is 26.1 Å². The van der Waals surface area contributed by atoms with Crippen molar-refractivity contribution in [3.05, 3.63) is 40.7 Å². The average molecular weight is 304 g/mol. The van der Waals surface area contributed by atoms with E-state index < -0.39 is 0 Å². The maximum Gasteiger partial charge on any atom is 0.119 e. The fourth-order valence-electron chi connectivity index (χ4n) is 2.41. The Labute approximate surface area is 131 Å². The number of H-pyrrole nitrogens is 1. The number of aromatic amines is 1. The number of hydrogen-bond acceptors (Lipinski definition) is 6. The third kappa shape index (κ3) is 3.67. The van der Waals surface area contributed by atoms with Gasteiger partial charge in [0, 0.05) is 31.9 Å². The van der Waals surface area contributed by atoms with Crippen LogP contribution in [0.3, 0.4) is 0 Å². The number of hydrogen-bond donors (Lipinski definition) is 3. The van der Waals surface area contributed by atoms with Crippen LogP contribution in [-0.2, 0) is 11.4 Å². The normalized spacial score (nSPS) is 18.4. The van der Waals surface area contributed by atoms with Crippen molar-refractivity contribution in [2.75, 3.05) is 14.1 Å². The molecular formula is C15H24N6O. The number of aliphatic imine (C=N–C) groups is 1. The first-order valence-corrected chi connectivity index (χ1v) is 7.24. The summed E-state index contributed by atoms with van der Waals surface area (Å²) in [6, 6.07) is -0.0301. The zero-order valence-electron chi connectivity index (χ0n) is 13.8. The lowest BCUT2D eigenvalue weighted by Crippen LogP contribution is -2.34. The van der Waals surface area contributed by atoms with Gasteiger partial charge in [-0.2, -0.15) is 10.6 Å². The fourth-order valence-corrected chi connectivity index (χ4v) is 2.41. The second kappa shape index (κ2) is 7.13. The van der Waals surface area contributed by atoms with Gasteiger partial charge in [0.2, 0.25) is 0 Å². The van der Waals surface area contributed by atoms with Crippen LogP contribution < -0.4 is 10.8 Å². The summed E-state index contributed by atoms with van der Waals surface area (Å²) in [5.74, 6) is 1.84. The molecular weight excluding hydrogens is 280 g/mol. The minimum atomic E-state index is -0.0301. The molecule has 0 spiro atoms. The molecule has 7 heteroatoms. The van der Waals surface area contributed by atoms with Gasteiger partial charge in [0.05, 0.1) is 18.6 Å². The summed E-state index contributed by atoms with van der Waals surface area (Å²) in [4.78, 5) is 11.9. The highest BCUT2D eigenvalue weighted by Crippen LogP contribution is 2.20. The van der Waals surface area contributed by atoms with Crippen LogP contribution >= 0.6 is 0 Å². The monoisotopic (exact) mass is 304 g/mol. The Kier molecular flexibility index (Phi) is 5.21. The summed E-state index contributed by atoms with van der Waals surface area (Å²) < 4.78 is 0. The molecule has 1 aromatic rings. The smallest absolute Gasteiger partial charge is 0.119 e. The number of rotatable bonds is 6. The van der Waals surface area contributed by atoms with Gasteiger partial charge in [0.1, 0.15) is 11.6 Å². The van der Waals surface area contributed by atoms with Gasteiger partial charge in [0.15, 0.2) is 0 Å². The molecule has 0 saturated carbocycles. The van der Waals surface area contributed by atoms with Crippen molar-refractivity contribution in [3.8, 4) is 0 Å². The summed E-state index contributed by atoms with van der Waals surface area (Å²) in [6.07, 6.45) is 5.58.